The molecule has 2 heterocycles. The number of phenols is 1. The number of carboxylic acids is 1. The molecule has 122 heavy (non-hydrogen) atoms. The third kappa shape index (κ3) is 33.4. The van der Waals surface area contributed by atoms with E-state index in [1.807, 2.05) is 106 Å². The number of carbonyl (C=O) groups excluding carboxylic acids is 3. The van der Waals surface area contributed by atoms with E-state index in [0.717, 1.165) is 82.2 Å². The summed E-state index contributed by atoms with van der Waals surface area (Å²) in [5.41, 5.74) is 8.85. The molecule has 2 atom stereocenters. The van der Waals surface area contributed by atoms with Gasteiger partial charge in [0.25, 0.3) is 11.4 Å². The van der Waals surface area contributed by atoms with Gasteiger partial charge in [0.15, 0.2) is 0 Å². The summed E-state index contributed by atoms with van der Waals surface area (Å²) in [6.45, 7) is 29.6. The number of nitrogens with one attached hydrogen (secondary N) is 1. The number of carbonyl (C=O) groups is 4. The number of halogens is 15. The van der Waals surface area contributed by atoms with Crippen molar-refractivity contribution >= 4 is 63.5 Å². The van der Waals surface area contributed by atoms with Crippen LogP contribution in [0.4, 0.5) is 106 Å². The molecular formula is C87H120F15N7O13. The molecule has 7 aromatic carbocycles. The largest absolute Gasteiger partial charge is 0.508 e. The third-order valence-corrected chi connectivity index (χ3v) is 17.6. The van der Waals surface area contributed by atoms with Crippen LogP contribution in [0.3, 0.4) is 0 Å². The SMILES string of the molecule is C.C.C.C.C.C.C.CC(C)Cc1cc(N)cc(C(F)(F)F)c1.CC(C)Oc1cc(N)cc(C(F)(F)F)c1.CC(C)Oc1cc([N+](=O)[O-])cc(C(F)(F)F)c1.Cc1cccc(C)c1N1C[C@](C(=O)Nc2cc(OC(C)C)cc(C(F)(F)F)c2)(C(C)C)CC1=O.Cc1cccc(C)c1N1C[C@](C(=O)O)(C(C)C)CC1=O.O=[N+]([O-])c1cc(O)cc(C(F)(F)F)c1. The number of phenolic OH excluding ortho intramolecular Hbond substituents is 1. The normalized spacial score (nSPS) is 14.8. The van der Waals surface area contributed by atoms with Crippen molar-refractivity contribution in [1.82, 2.24) is 0 Å². The van der Waals surface area contributed by atoms with E-state index in [-0.39, 0.29) is 154 Å². The van der Waals surface area contributed by atoms with Crippen molar-refractivity contribution in [2.75, 3.05) is 39.7 Å². The molecule has 7 N–H and O–H groups in total. The Morgan fingerprint density at radius 1 is 0.459 bits per heavy atom. The molecule has 7 aromatic rings. The standard InChI is InChI=1S/C26H31F3N2O3.C16H21NO3.C11H14F3N.C10H10F3NO3.C10H12F3NO.C7H4F3NO3.7CH4/c1-15(2)25(13-22(32)31(14-25)23-17(5)8-7-9-18(23)6)24(33)30-20-10-19(26(27,28)29)11-21(12-20)34-16(3)4;1-10(2)16(15(19)20)8-13(18)17(9-16)14-11(3)6-5-7-12(14)4;1-7(2)3-8-4-9(11(12,13)14)6-10(15)5-8;1-6(2)17-9-4-7(10(11,12)13)3-8(5-9)14(15)16;1-6(2)15-9-4-7(10(11,12)13)3-8(14)5-9;8-7(9,10)4-1-5(11(13)14)3-6(12)2-4;;;;;;;/h7-12,15-16H,13-14H2,1-6H3,(H,30,33);5-7,10H,8-9H2,1-4H3,(H,19,20);4-7H,3,15H2,1-2H3;3-6H,1-2H3;3-6H,14H2,1-2H3;1-3,12H;7*1H4/t25-;16-;;;;;;;;;;;/m00.........../s1. The molecule has 2 aliphatic rings. The number of para-hydroxylation sites is 2. The van der Waals surface area contributed by atoms with Crippen LogP contribution in [-0.2, 0) is 56.5 Å². The quantitative estimate of drug-likeness (QED) is 0.0245. The molecule has 9 rings (SSSR count). The Bertz CT molecular complexity index is 4470. The molecule has 0 spiro atoms. The number of nitrogens with zero attached hydrogens (tertiary/aromatic N) is 4. The average molecular weight is 1760 g/mol. The second kappa shape index (κ2) is 47.4. The highest BCUT2D eigenvalue weighted by Crippen LogP contribution is 2.47. The topological polar surface area (TPSA) is 293 Å². The number of nitrogen functional groups attached to an aromatic ring is 2. The Hall–Kier alpha value is -11.0. The Labute approximate surface area is 705 Å². The first kappa shape index (κ1) is 117. The van der Waals surface area contributed by atoms with Crippen LogP contribution in [0, 0.1) is 76.5 Å². The lowest BCUT2D eigenvalue weighted by Crippen LogP contribution is -2.43. The number of carboxylic acid groups (broad SMARTS) is 1. The Morgan fingerprint density at radius 3 is 1.11 bits per heavy atom. The van der Waals surface area contributed by atoms with Crippen molar-refractivity contribution in [3.05, 3.63) is 203 Å². The molecule has 2 saturated heterocycles. The van der Waals surface area contributed by atoms with Gasteiger partial charge >= 0.3 is 36.9 Å². The van der Waals surface area contributed by atoms with Crippen LogP contribution in [0.5, 0.6) is 23.0 Å². The summed E-state index contributed by atoms with van der Waals surface area (Å²) in [5.74, 6) is -2.46. The lowest BCUT2D eigenvalue weighted by molar-refractivity contribution is -0.385. The molecule has 0 bridgehead atoms. The van der Waals surface area contributed by atoms with Crippen LogP contribution in [-0.4, -0.2) is 75.2 Å². The van der Waals surface area contributed by atoms with Crippen LogP contribution >= 0.6 is 0 Å². The lowest BCUT2D eigenvalue weighted by atomic mass is 9.75. The molecule has 0 aliphatic carbocycles. The summed E-state index contributed by atoms with van der Waals surface area (Å²) in [7, 11) is 0. The predicted molar refractivity (Wildman–Crippen MR) is 451 cm³/mol. The highest BCUT2D eigenvalue weighted by atomic mass is 19.4. The van der Waals surface area contributed by atoms with Gasteiger partial charge in [0.05, 0.1) is 78.9 Å². The zero-order valence-corrected chi connectivity index (χ0v) is 65.6. The minimum atomic E-state index is -4.70. The van der Waals surface area contributed by atoms with E-state index in [4.69, 9.17) is 30.8 Å². The van der Waals surface area contributed by atoms with Gasteiger partial charge in [-0.05, 0) is 176 Å². The maximum atomic E-state index is 13.6. The number of amides is 3. The van der Waals surface area contributed by atoms with E-state index >= 15 is 0 Å². The summed E-state index contributed by atoms with van der Waals surface area (Å²) in [4.78, 5) is 72.7. The number of aliphatic carboxylic acids is 1. The molecular weight excluding hydrogens is 1640 g/mol. The molecule has 686 valence electrons. The molecule has 2 aliphatic heterocycles. The zero-order chi connectivity index (χ0) is 87.9. The van der Waals surface area contributed by atoms with Gasteiger partial charge in [-0.1, -0.05) is 130 Å². The number of ether oxygens (including phenoxy) is 3. The third-order valence-electron chi connectivity index (χ3n) is 17.6. The van der Waals surface area contributed by atoms with Crippen molar-refractivity contribution in [3.8, 4) is 23.0 Å². The van der Waals surface area contributed by atoms with Gasteiger partial charge in [-0.15, -0.1) is 0 Å². The van der Waals surface area contributed by atoms with E-state index in [1.54, 1.807) is 57.4 Å². The number of benzene rings is 7. The predicted octanol–water partition coefficient (Wildman–Crippen LogP) is 25.6. The first-order chi connectivity index (χ1) is 52.6. The zero-order valence-electron chi connectivity index (χ0n) is 65.6. The monoisotopic (exact) mass is 1760 g/mol. The number of aromatic hydroxyl groups is 1. The van der Waals surface area contributed by atoms with Crippen LogP contribution < -0.4 is 40.8 Å². The number of aryl methyl sites for hydroxylation is 4. The summed E-state index contributed by atoms with van der Waals surface area (Å²) >= 11 is 0. The summed E-state index contributed by atoms with van der Waals surface area (Å²) in [5, 5.41) is 41.7. The minimum Gasteiger partial charge on any atom is -0.508 e. The van der Waals surface area contributed by atoms with E-state index in [1.165, 1.54) is 12.1 Å². The van der Waals surface area contributed by atoms with E-state index in [0.29, 0.717) is 42.2 Å². The number of non-ortho nitro benzene ring substituents is 2. The number of nitrogens with two attached hydrogens (primary N) is 2. The Balaban J connectivity index is -0.000000700. The molecule has 35 heteroatoms. The maximum absolute atomic E-state index is 13.6. The summed E-state index contributed by atoms with van der Waals surface area (Å²) < 4.78 is 204. The van der Waals surface area contributed by atoms with Gasteiger partial charge in [0, 0.05) is 78.6 Å². The van der Waals surface area contributed by atoms with Crippen molar-refractivity contribution in [2.45, 2.75) is 231 Å². The van der Waals surface area contributed by atoms with Crippen LogP contribution in [0.25, 0.3) is 0 Å². The smallest absolute Gasteiger partial charge is 0.416 e. The van der Waals surface area contributed by atoms with Gasteiger partial charge in [0.2, 0.25) is 17.7 Å². The van der Waals surface area contributed by atoms with Gasteiger partial charge in [-0.25, -0.2) is 0 Å². The number of hydrogen-bond acceptors (Lipinski definition) is 14. The fourth-order valence-corrected chi connectivity index (χ4v) is 12.1. The average Bonchev–Trinajstić information content (AvgIpc) is 1.63. The first-order valence-electron chi connectivity index (χ1n) is 35.5. The van der Waals surface area contributed by atoms with E-state index in [9.17, 15) is 110 Å². The highest BCUT2D eigenvalue weighted by molar-refractivity contribution is 6.07. The number of rotatable bonds is 17. The van der Waals surface area contributed by atoms with Gasteiger partial charge in [0.1, 0.15) is 23.0 Å². The number of alkyl halides is 15. The fraction of sp³-hybridized carbons (Fsp3) is 0.471. The van der Waals surface area contributed by atoms with Crippen molar-refractivity contribution in [2.24, 2.45) is 28.6 Å². The van der Waals surface area contributed by atoms with Gasteiger partial charge in [-0.3, -0.25) is 39.4 Å². The summed E-state index contributed by atoms with van der Waals surface area (Å²) in [6, 6.07) is 25.3. The first-order valence-corrected chi connectivity index (χ1v) is 35.5. The van der Waals surface area contributed by atoms with Crippen molar-refractivity contribution < 1.29 is 119 Å². The number of nitro benzene ring substituents is 2. The van der Waals surface area contributed by atoms with Gasteiger partial charge < -0.3 is 51.0 Å². The molecule has 0 saturated carbocycles. The molecule has 20 nitrogen and oxygen atoms in total. The molecule has 0 unspecified atom stereocenters. The number of nitro groups is 2. The molecule has 0 aromatic heterocycles. The fourth-order valence-electron chi connectivity index (χ4n) is 12.1. The van der Waals surface area contributed by atoms with Crippen molar-refractivity contribution in [3.63, 3.8) is 0 Å². The summed E-state index contributed by atoms with van der Waals surface area (Å²) in [6.07, 6.45) is -22.9. The molecule has 3 amide bonds. The lowest BCUT2D eigenvalue weighted by Gasteiger charge is -2.32. The van der Waals surface area contributed by atoms with Crippen molar-refractivity contribution in [1.29, 1.82) is 0 Å². The molecule has 0 radical (unpaired) electrons. The van der Waals surface area contributed by atoms with Crippen LogP contribution in [0.2, 0.25) is 0 Å². The number of anilines is 5. The Kier molecular flexibility index (Phi) is 45.6. The molecule has 2 fully saturated rings. The Morgan fingerprint density at radius 2 is 0.770 bits per heavy atom. The number of hydrogen-bond donors (Lipinski definition) is 5. The van der Waals surface area contributed by atoms with Crippen LogP contribution in [0.15, 0.2) is 127 Å². The van der Waals surface area contributed by atoms with E-state index < -0.39 is 108 Å². The highest BCUT2D eigenvalue weighted by Gasteiger charge is 2.54. The minimum absolute atomic E-state index is 0. The van der Waals surface area contributed by atoms with Gasteiger partial charge in [-0.2, -0.15) is 65.9 Å². The second-order valence-electron chi connectivity index (χ2n) is 29.2. The second-order valence-corrected chi connectivity index (χ2v) is 29.2. The van der Waals surface area contributed by atoms with Crippen LogP contribution in [0.1, 0.15) is 204 Å². The van der Waals surface area contributed by atoms with E-state index in [2.05, 4.69) is 5.32 Å². The maximum Gasteiger partial charge on any atom is 0.416 e.